The maximum Gasteiger partial charge on any atom is 0.260 e. The standard InChI is InChI=1S/C22H29NO4/c1-16(27-20-13-9-8-12-19(20)25-5)21(24)23-14-15-26-18-11-7-6-10-17(18)22(2,3)4/h6-13,16H,14-15H2,1-5H3,(H,23,24)/t16-/m0/s1. The molecule has 0 aliphatic heterocycles. The van der Waals surface area contributed by atoms with Gasteiger partial charge in [0.1, 0.15) is 12.4 Å². The largest absolute Gasteiger partial charge is 0.493 e. The summed E-state index contributed by atoms with van der Waals surface area (Å²) >= 11 is 0. The van der Waals surface area contributed by atoms with Gasteiger partial charge >= 0.3 is 0 Å². The normalized spacial score (nSPS) is 12.2. The van der Waals surface area contributed by atoms with Crippen molar-refractivity contribution in [2.45, 2.75) is 39.2 Å². The molecule has 0 aliphatic carbocycles. The highest BCUT2D eigenvalue weighted by Gasteiger charge is 2.19. The number of hydrogen-bond acceptors (Lipinski definition) is 4. The number of rotatable bonds is 8. The van der Waals surface area contributed by atoms with Gasteiger partial charge in [-0.05, 0) is 36.1 Å². The van der Waals surface area contributed by atoms with Gasteiger partial charge in [0.25, 0.3) is 5.91 Å². The number of amides is 1. The van der Waals surface area contributed by atoms with E-state index in [-0.39, 0.29) is 11.3 Å². The topological polar surface area (TPSA) is 56.8 Å². The lowest BCUT2D eigenvalue weighted by atomic mass is 9.86. The van der Waals surface area contributed by atoms with Gasteiger partial charge in [-0.2, -0.15) is 0 Å². The van der Waals surface area contributed by atoms with Crippen molar-refractivity contribution in [1.82, 2.24) is 5.32 Å². The smallest absolute Gasteiger partial charge is 0.260 e. The lowest BCUT2D eigenvalue weighted by Crippen LogP contribution is -2.38. The molecule has 0 aliphatic rings. The van der Waals surface area contributed by atoms with Crippen LogP contribution in [-0.4, -0.2) is 32.3 Å². The zero-order valence-corrected chi connectivity index (χ0v) is 16.7. The highest BCUT2D eigenvalue weighted by molar-refractivity contribution is 5.80. The first-order chi connectivity index (χ1) is 12.8. The minimum Gasteiger partial charge on any atom is -0.493 e. The Bertz CT molecular complexity index is 752. The summed E-state index contributed by atoms with van der Waals surface area (Å²) in [7, 11) is 1.57. The Morgan fingerprint density at radius 2 is 1.59 bits per heavy atom. The van der Waals surface area contributed by atoms with Crippen LogP contribution in [-0.2, 0) is 10.2 Å². The summed E-state index contributed by atoms with van der Waals surface area (Å²) in [6.07, 6.45) is -0.636. The van der Waals surface area contributed by atoms with Crippen LogP contribution in [0.1, 0.15) is 33.3 Å². The number of carbonyl (C=O) groups is 1. The van der Waals surface area contributed by atoms with Gasteiger partial charge in [-0.25, -0.2) is 0 Å². The Morgan fingerprint density at radius 3 is 2.22 bits per heavy atom. The number of ether oxygens (including phenoxy) is 3. The van der Waals surface area contributed by atoms with E-state index in [9.17, 15) is 4.79 Å². The van der Waals surface area contributed by atoms with Crippen molar-refractivity contribution in [2.75, 3.05) is 20.3 Å². The third-order valence-corrected chi connectivity index (χ3v) is 4.10. The maximum absolute atomic E-state index is 12.3. The molecule has 0 heterocycles. The van der Waals surface area contributed by atoms with Gasteiger partial charge in [-0.15, -0.1) is 0 Å². The third-order valence-electron chi connectivity index (χ3n) is 4.10. The first-order valence-electron chi connectivity index (χ1n) is 9.12. The molecule has 0 spiro atoms. The van der Waals surface area contributed by atoms with Crippen LogP contribution in [0.25, 0.3) is 0 Å². The molecule has 2 aromatic rings. The Morgan fingerprint density at radius 1 is 1.00 bits per heavy atom. The molecule has 0 bridgehead atoms. The van der Waals surface area contributed by atoms with E-state index in [1.807, 2.05) is 30.3 Å². The van der Waals surface area contributed by atoms with Gasteiger partial charge in [0.2, 0.25) is 0 Å². The number of carbonyl (C=O) groups excluding carboxylic acids is 1. The average Bonchev–Trinajstić information content (AvgIpc) is 2.65. The fourth-order valence-electron chi connectivity index (χ4n) is 2.65. The van der Waals surface area contributed by atoms with Gasteiger partial charge in [0.15, 0.2) is 17.6 Å². The molecule has 27 heavy (non-hydrogen) atoms. The summed E-state index contributed by atoms with van der Waals surface area (Å²) in [5.41, 5.74) is 1.14. The molecule has 1 amide bonds. The molecule has 0 saturated carbocycles. The van der Waals surface area contributed by atoms with Crippen LogP contribution in [0.4, 0.5) is 0 Å². The van der Waals surface area contributed by atoms with E-state index < -0.39 is 6.10 Å². The van der Waals surface area contributed by atoms with Crippen LogP contribution in [0.5, 0.6) is 17.2 Å². The lowest BCUT2D eigenvalue weighted by molar-refractivity contribution is -0.127. The van der Waals surface area contributed by atoms with Crippen molar-refractivity contribution < 1.29 is 19.0 Å². The monoisotopic (exact) mass is 371 g/mol. The van der Waals surface area contributed by atoms with E-state index in [1.165, 1.54) is 0 Å². The second-order valence-electron chi connectivity index (χ2n) is 7.30. The van der Waals surface area contributed by atoms with E-state index >= 15 is 0 Å². The Kier molecular flexibility index (Phi) is 7.11. The van der Waals surface area contributed by atoms with E-state index in [4.69, 9.17) is 14.2 Å². The summed E-state index contributed by atoms with van der Waals surface area (Å²) in [6.45, 7) is 8.93. The SMILES string of the molecule is COc1ccccc1O[C@@H](C)C(=O)NCCOc1ccccc1C(C)(C)C. The molecule has 5 heteroatoms. The number of benzene rings is 2. The quantitative estimate of drug-likeness (QED) is 0.714. The molecule has 0 radical (unpaired) electrons. The van der Waals surface area contributed by atoms with Crippen LogP contribution < -0.4 is 19.5 Å². The Balaban J connectivity index is 1.83. The van der Waals surface area contributed by atoms with Crippen LogP contribution in [0, 0.1) is 0 Å². The lowest BCUT2D eigenvalue weighted by Gasteiger charge is -2.22. The molecule has 2 rings (SSSR count). The van der Waals surface area contributed by atoms with Gasteiger partial charge in [0, 0.05) is 0 Å². The van der Waals surface area contributed by atoms with Crippen molar-refractivity contribution in [3.05, 3.63) is 54.1 Å². The van der Waals surface area contributed by atoms with Crippen LogP contribution in [0.2, 0.25) is 0 Å². The molecule has 1 atom stereocenters. The minimum absolute atomic E-state index is 0.00304. The highest BCUT2D eigenvalue weighted by Crippen LogP contribution is 2.30. The predicted molar refractivity (Wildman–Crippen MR) is 107 cm³/mol. The molecule has 1 N–H and O–H groups in total. The van der Waals surface area contributed by atoms with E-state index in [0.717, 1.165) is 11.3 Å². The van der Waals surface area contributed by atoms with E-state index in [0.29, 0.717) is 24.7 Å². The van der Waals surface area contributed by atoms with Crippen LogP contribution >= 0.6 is 0 Å². The number of hydrogen-bond donors (Lipinski definition) is 1. The molecule has 0 unspecified atom stereocenters. The summed E-state index contributed by atoms with van der Waals surface area (Å²) in [4.78, 5) is 12.3. The van der Waals surface area contributed by atoms with E-state index in [1.54, 1.807) is 26.2 Å². The summed E-state index contributed by atoms with van der Waals surface area (Å²) < 4.78 is 16.8. The molecular formula is C22H29NO4. The van der Waals surface area contributed by atoms with Crippen molar-refractivity contribution >= 4 is 5.91 Å². The highest BCUT2D eigenvalue weighted by atomic mass is 16.5. The molecule has 146 valence electrons. The second-order valence-corrected chi connectivity index (χ2v) is 7.30. The molecule has 5 nitrogen and oxygen atoms in total. The van der Waals surface area contributed by atoms with Gasteiger partial charge in [-0.1, -0.05) is 51.1 Å². The van der Waals surface area contributed by atoms with Crippen LogP contribution in [0.15, 0.2) is 48.5 Å². The second kappa shape index (κ2) is 9.31. The van der Waals surface area contributed by atoms with Crippen LogP contribution in [0.3, 0.4) is 0 Å². The Labute approximate surface area is 161 Å². The molecule has 2 aromatic carbocycles. The van der Waals surface area contributed by atoms with Crippen molar-refractivity contribution in [3.8, 4) is 17.2 Å². The molecule has 0 aromatic heterocycles. The molecular weight excluding hydrogens is 342 g/mol. The fourth-order valence-corrected chi connectivity index (χ4v) is 2.65. The summed E-state index contributed by atoms with van der Waals surface area (Å²) in [5, 5.41) is 2.84. The van der Waals surface area contributed by atoms with Crippen molar-refractivity contribution in [3.63, 3.8) is 0 Å². The first kappa shape index (κ1) is 20.6. The van der Waals surface area contributed by atoms with E-state index in [2.05, 4.69) is 32.2 Å². The first-order valence-corrected chi connectivity index (χ1v) is 9.12. The third kappa shape index (κ3) is 5.91. The van der Waals surface area contributed by atoms with Gasteiger partial charge < -0.3 is 19.5 Å². The maximum atomic E-state index is 12.3. The van der Waals surface area contributed by atoms with Crippen molar-refractivity contribution in [1.29, 1.82) is 0 Å². The fraction of sp³-hybridized carbons (Fsp3) is 0.409. The molecule has 0 saturated heterocycles. The molecule has 0 fully saturated rings. The van der Waals surface area contributed by atoms with Gasteiger partial charge in [0.05, 0.1) is 13.7 Å². The summed E-state index contributed by atoms with van der Waals surface area (Å²) in [5.74, 6) is 1.78. The summed E-state index contributed by atoms with van der Waals surface area (Å²) in [6, 6.07) is 15.2. The average molecular weight is 371 g/mol. The van der Waals surface area contributed by atoms with Crippen molar-refractivity contribution in [2.24, 2.45) is 0 Å². The van der Waals surface area contributed by atoms with Gasteiger partial charge in [-0.3, -0.25) is 4.79 Å². The number of methoxy groups -OCH3 is 1. The zero-order valence-electron chi connectivity index (χ0n) is 16.7. The predicted octanol–water partition coefficient (Wildman–Crippen LogP) is 3.96. The number of para-hydroxylation sites is 3. The minimum atomic E-state index is -0.636. The number of nitrogens with one attached hydrogen (secondary N) is 1. The Hall–Kier alpha value is -2.69. The zero-order chi connectivity index (χ0) is 19.9.